The van der Waals surface area contributed by atoms with Crippen LogP contribution in [0.15, 0.2) is 0 Å². The van der Waals surface area contributed by atoms with Crippen LogP contribution in [0.5, 0.6) is 0 Å². The van der Waals surface area contributed by atoms with E-state index in [2.05, 4.69) is 6.92 Å². The molecule has 0 aliphatic heterocycles. The van der Waals surface area contributed by atoms with Crippen molar-refractivity contribution >= 4 is 5.97 Å². The third-order valence-electron chi connectivity index (χ3n) is 2.59. The lowest BCUT2D eigenvalue weighted by atomic mass is 9.92. The van der Waals surface area contributed by atoms with Crippen LogP contribution in [-0.4, -0.2) is 33.5 Å². The molecule has 0 aliphatic rings. The van der Waals surface area contributed by atoms with E-state index in [4.69, 9.17) is 10.2 Å². The Balaban J connectivity index is 4.00. The molecule has 0 aromatic carbocycles. The van der Waals surface area contributed by atoms with Gasteiger partial charge in [-0.15, -0.1) is 0 Å². The lowest BCUT2D eigenvalue weighted by Crippen LogP contribution is -2.36. The molecule has 3 atom stereocenters. The first kappa shape index (κ1) is 14.4. The van der Waals surface area contributed by atoms with E-state index < -0.39 is 24.1 Å². The molecule has 3 N–H and O–H groups in total. The molecule has 0 radical (unpaired) electrons. The van der Waals surface area contributed by atoms with Crippen molar-refractivity contribution in [2.45, 2.75) is 58.2 Å². The Morgan fingerprint density at radius 2 is 1.80 bits per heavy atom. The number of hydrogen-bond acceptors (Lipinski definition) is 3. The highest BCUT2D eigenvalue weighted by atomic mass is 16.4. The second kappa shape index (κ2) is 7.65. The van der Waals surface area contributed by atoms with Crippen LogP contribution in [-0.2, 0) is 4.79 Å². The lowest BCUT2D eigenvalue weighted by Gasteiger charge is -2.21. The summed E-state index contributed by atoms with van der Waals surface area (Å²) in [4.78, 5) is 10.8. The van der Waals surface area contributed by atoms with E-state index in [0.29, 0.717) is 6.42 Å². The first-order valence-corrected chi connectivity index (χ1v) is 5.59. The van der Waals surface area contributed by atoms with Crippen LogP contribution in [0.1, 0.15) is 46.0 Å². The van der Waals surface area contributed by atoms with Gasteiger partial charge >= 0.3 is 5.97 Å². The van der Waals surface area contributed by atoms with Crippen molar-refractivity contribution < 1.29 is 20.1 Å². The van der Waals surface area contributed by atoms with Gasteiger partial charge in [0.05, 0.1) is 18.1 Å². The molecule has 0 aromatic heterocycles. The molecule has 0 aliphatic carbocycles. The van der Waals surface area contributed by atoms with Gasteiger partial charge in [-0.05, 0) is 13.3 Å². The number of hydrogen-bond donors (Lipinski definition) is 3. The van der Waals surface area contributed by atoms with Crippen LogP contribution in [0.3, 0.4) is 0 Å². The van der Waals surface area contributed by atoms with E-state index in [0.717, 1.165) is 25.7 Å². The van der Waals surface area contributed by atoms with Crippen molar-refractivity contribution in [1.29, 1.82) is 0 Å². The minimum Gasteiger partial charge on any atom is -0.481 e. The minimum absolute atomic E-state index is 0.432. The average Bonchev–Trinajstić information content (AvgIpc) is 2.16. The maximum absolute atomic E-state index is 10.8. The molecule has 0 bridgehead atoms. The van der Waals surface area contributed by atoms with Gasteiger partial charge in [-0.25, -0.2) is 0 Å². The molecule has 4 nitrogen and oxygen atoms in total. The largest absolute Gasteiger partial charge is 0.481 e. The number of carboxylic acids is 1. The first-order valence-electron chi connectivity index (χ1n) is 5.59. The Bertz CT molecular complexity index is 179. The van der Waals surface area contributed by atoms with E-state index in [1.807, 2.05) is 0 Å². The third kappa shape index (κ3) is 5.74. The average molecular weight is 218 g/mol. The molecule has 0 saturated carbocycles. The van der Waals surface area contributed by atoms with Crippen LogP contribution in [0, 0.1) is 5.92 Å². The molecule has 0 aromatic rings. The van der Waals surface area contributed by atoms with E-state index in [-0.39, 0.29) is 0 Å². The topological polar surface area (TPSA) is 77.8 Å². The number of aliphatic hydroxyl groups is 2. The van der Waals surface area contributed by atoms with Gasteiger partial charge in [0, 0.05) is 0 Å². The Kier molecular flexibility index (Phi) is 7.34. The van der Waals surface area contributed by atoms with Crippen LogP contribution in [0.4, 0.5) is 0 Å². The summed E-state index contributed by atoms with van der Waals surface area (Å²) in [7, 11) is 0. The fraction of sp³-hybridized carbons (Fsp3) is 0.909. The van der Waals surface area contributed by atoms with Gasteiger partial charge in [-0.3, -0.25) is 4.79 Å². The Labute approximate surface area is 90.9 Å². The van der Waals surface area contributed by atoms with Crippen molar-refractivity contribution in [2.75, 3.05) is 0 Å². The van der Waals surface area contributed by atoms with Gasteiger partial charge in [0.2, 0.25) is 0 Å². The highest BCUT2D eigenvalue weighted by molar-refractivity contribution is 5.70. The van der Waals surface area contributed by atoms with Gasteiger partial charge in [0.25, 0.3) is 0 Å². The van der Waals surface area contributed by atoms with Gasteiger partial charge in [0.1, 0.15) is 0 Å². The van der Waals surface area contributed by atoms with Crippen molar-refractivity contribution in [1.82, 2.24) is 0 Å². The van der Waals surface area contributed by atoms with Gasteiger partial charge < -0.3 is 15.3 Å². The molecule has 3 unspecified atom stereocenters. The zero-order chi connectivity index (χ0) is 11.8. The Hall–Kier alpha value is -0.610. The SMILES string of the molecule is CCCCCCC(C(=O)O)C(O)C(C)O. The minimum atomic E-state index is -1.16. The summed E-state index contributed by atoms with van der Waals surface area (Å²) in [6.07, 6.45) is 2.22. The van der Waals surface area contributed by atoms with E-state index in [9.17, 15) is 9.90 Å². The van der Waals surface area contributed by atoms with Crippen molar-refractivity contribution in [3.63, 3.8) is 0 Å². The summed E-state index contributed by atoms with van der Waals surface area (Å²) in [5, 5.41) is 27.5. The standard InChI is InChI=1S/C11H22O4/c1-3-4-5-6-7-9(11(14)15)10(13)8(2)12/h8-10,12-13H,3-7H2,1-2H3,(H,14,15). The summed E-state index contributed by atoms with van der Waals surface area (Å²) in [6.45, 7) is 3.49. The number of aliphatic hydroxyl groups excluding tert-OH is 2. The maximum atomic E-state index is 10.8. The highest BCUT2D eigenvalue weighted by Gasteiger charge is 2.29. The van der Waals surface area contributed by atoms with Gasteiger partial charge in [0.15, 0.2) is 0 Å². The third-order valence-corrected chi connectivity index (χ3v) is 2.59. The zero-order valence-electron chi connectivity index (χ0n) is 9.52. The molecule has 0 spiro atoms. The first-order chi connectivity index (χ1) is 7.00. The molecule has 15 heavy (non-hydrogen) atoms. The van der Waals surface area contributed by atoms with E-state index in [1.165, 1.54) is 6.92 Å². The lowest BCUT2D eigenvalue weighted by molar-refractivity contribution is -0.149. The number of carboxylic acid groups (broad SMARTS) is 1. The number of unbranched alkanes of at least 4 members (excludes halogenated alkanes) is 3. The predicted octanol–water partition coefficient (Wildman–Crippen LogP) is 1.40. The summed E-state index contributed by atoms with van der Waals surface area (Å²) in [5.74, 6) is -1.87. The fourth-order valence-electron chi connectivity index (χ4n) is 1.57. The molecular weight excluding hydrogens is 196 g/mol. The molecule has 90 valence electrons. The summed E-state index contributed by atoms with van der Waals surface area (Å²) in [5.41, 5.74) is 0. The molecule has 0 fully saturated rings. The highest BCUT2D eigenvalue weighted by Crippen LogP contribution is 2.17. The van der Waals surface area contributed by atoms with Gasteiger partial charge in [-0.1, -0.05) is 32.6 Å². The van der Waals surface area contributed by atoms with Crippen LogP contribution in [0.2, 0.25) is 0 Å². The number of carbonyl (C=O) groups is 1. The van der Waals surface area contributed by atoms with Crippen molar-refractivity contribution in [2.24, 2.45) is 5.92 Å². The molecular formula is C11H22O4. The zero-order valence-corrected chi connectivity index (χ0v) is 9.52. The maximum Gasteiger partial charge on any atom is 0.309 e. The summed E-state index contributed by atoms with van der Waals surface area (Å²) >= 11 is 0. The van der Waals surface area contributed by atoms with Gasteiger partial charge in [-0.2, -0.15) is 0 Å². The summed E-state index contributed by atoms with van der Waals surface area (Å²) in [6, 6.07) is 0. The molecule has 0 rings (SSSR count). The summed E-state index contributed by atoms with van der Waals surface area (Å²) < 4.78 is 0. The van der Waals surface area contributed by atoms with E-state index in [1.54, 1.807) is 0 Å². The quantitative estimate of drug-likeness (QED) is 0.538. The Morgan fingerprint density at radius 1 is 1.20 bits per heavy atom. The van der Waals surface area contributed by atoms with Crippen molar-refractivity contribution in [3.8, 4) is 0 Å². The second-order valence-corrected chi connectivity index (χ2v) is 4.03. The number of rotatable bonds is 8. The molecule has 0 saturated heterocycles. The monoisotopic (exact) mass is 218 g/mol. The smallest absolute Gasteiger partial charge is 0.309 e. The Morgan fingerprint density at radius 3 is 2.20 bits per heavy atom. The molecule has 0 amide bonds. The van der Waals surface area contributed by atoms with Crippen molar-refractivity contribution in [3.05, 3.63) is 0 Å². The molecule has 4 heteroatoms. The van der Waals surface area contributed by atoms with Crippen LogP contribution >= 0.6 is 0 Å². The normalized spacial score (nSPS) is 17.1. The second-order valence-electron chi connectivity index (χ2n) is 4.03. The fourth-order valence-corrected chi connectivity index (χ4v) is 1.57. The van der Waals surface area contributed by atoms with Crippen LogP contribution < -0.4 is 0 Å². The predicted molar refractivity (Wildman–Crippen MR) is 57.6 cm³/mol. The van der Waals surface area contributed by atoms with Crippen LogP contribution in [0.25, 0.3) is 0 Å². The number of aliphatic carboxylic acids is 1. The molecule has 0 heterocycles. The van der Waals surface area contributed by atoms with E-state index >= 15 is 0 Å².